The van der Waals surface area contributed by atoms with Crippen LogP contribution < -0.4 is 20.3 Å². The van der Waals surface area contributed by atoms with Crippen LogP contribution in [0.15, 0.2) is 48.9 Å². The number of pyridine rings is 2. The lowest BCUT2D eigenvalue weighted by Gasteiger charge is -2.34. The number of aliphatic hydroxyl groups excluding tert-OH is 1. The van der Waals surface area contributed by atoms with Crippen LogP contribution in [0.1, 0.15) is 0 Å². The molecule has 0 aliphatic carbocycles. The summed E-state index contributed by atoms with van der Waals surface area (Å²) in [4.78, 5) is 20.0. The van der Waals surface area contributed by atoms with Gasteiger partial charge in [-0.1, -0.05) is 6.07 Å². The van der Waals surface area contributed by atoms with Crippen LogP contribution in [-0.4, -0.2) is 64.4 Å². The molecule has 180 valence electrons. The zero-order chi connectivity index (χ0) is 24.4. The van der Waals surface area contributed by atoms with Gasteiger partial charge in [0, 0.05) is 37.4 Å². The number of aliphatic hydroxyl groups is 1. The number of rotatable bonds is 6. The molecular weight excluding hydrogens is 456 g/mol. The van der Waals surface area contributed by atoms with Crippen LogP contribution in [0.25, 0.3) is 22.3 Å². The summed E-state index contributed by atoms with van der Waals surface area (Å²) in [6.45, 7) is 1.89. The maximum atomic E-state index is 14.1. The highest BCUT2D eigenvalue weighted by Crippen LogP contribution is 2.34. The topological polar surface area (TPSA) is 108 Å². The van der Waals surface area contributed by atoms with E-state index in [1.165, 1.54) is 24.4 Å². The van der Waals surface area contributed by atoms with Crippen molar-refractivity contribution in [3.05, 3.63) is 60.6 Å². The smallest absolute Gasteiger partial charge is 0.162 e. The van der Waals surface area contributed by atoms with E-state index in [1.807, 2.05) is 0 Å². The third-order valence-electron chi connectivity index (χ3n) is 5.78. The summed E-state index contributed by atoms with van der Waals surface area (Å²) in [5, 5.41) is 16.4. The molecule has 3 N–H and O–H groups in total. The van der Waals surface area contributed by atoms with Crippen LogP contribution in [0.2, 0.25) is 0 Å². The number of nitrogens with one attached hydrogen (secondary N) is 2. The monoisotopic (exact) mass is 479 g/mol. The molecule has 1 aliphatic rings. The van der Waals surface area contributed by atoms with Gasteiger partial charge in [0.25, 0.3) is 0 Å². The van der Waals surface area contributed by atoms with Crippen molar-refractivity contribution < 1.29 is 18.6 Å². The third kappa shape index (κ3) is 4.55. The number of hydrogen-bond acceptors (Lipinski definition) is 9. The number of piperazine rings is 1. The van der Waals surface area contributed by atoms with Crippen molar-refractivity contribution >= 4 is 28.2 Å². The molecule has 11 heteroatoms. The molecule has 0 spiro atoms. The lowest BCUT2D eigenvalue weighted by molar-refractivity contribution is 0.235. The van der Waals surface area contributed by atoms with Crippen LogP contribution in [0.4, 0.5) is 26.1 Å². The van der Waals surface area contributed by atoms with E-state index in [4.69, 9.17) is 9.72 Å². The molecule has 3 aromatic heterocycles. The van der Waals surface area contributed by atoms with Crippen molar-refractivity contribution in [1.29, 1.82) is 0 Å². The van der Waals surface area contributed by atoms with E-state index in [0.29, 0.717) is 53.5 Å². The Bertz CT molecular complexity index is 1350. The number of methoxy groups -OCH3 is 1. The summed E-state index contributed by atoms with van der Waals surface area (Å²) in [5.41, 5.74) is 0.885. The molecule has 5 rings (SSSR count). The second-order valence-corrected chi connectivity index (χ2v) is 8.04. The lowest BCUT2D eigenvalue weighted by atomic mass is 10.1. The second kappa shape index (κ2) is 9.72. The van der Waals surface area contributed by atoms with Crippen LogP contribution in [0.5, 0.6) is 5.75 Å². The average Bonchev–Trinajstić information content (AvgIpc) is 2.90. The summed E-state index contributed by atoms with van der Waals surface area (Å²) in [7, 11) is 1.56. The molecule has 0 bridgehead atoms. The van der Waals surface area contributed by atoms with Crippen molar-refractivity contribution in [3.8, 4) is 17.1 Å². The van der Waals surface area contributed by atoms with Gasteiger partial charge in [0.1, 0.15) is 34.7 Å². The minimum atomic E-state index is -0.725. The molecule has 4 aromatic rings. The quantitative estimate of drug-likeness (QED) is 0.385. The highest BCUT2D eigenvalue weighted by atomic mass is 19.1. The van der Waals surface area contributed by atoms with Gasteiger partial charge in [0.2, 0.25) is 0 Å². The summed E-state index contributed by atoms with van der Waals surface area (Å²) in [6.07, 6.45) is 4.76. The molecule has 1 aromatic carbocycles. The van der Waals surface area contributed by atoms with Crippen molar-refractivity contribution in [2.75, 3.05) is 43.6 Å². The highest BCUT2D eigenvalue weighted by molar-refractivity contribution is 5.95. The first-order valence-electron chi connectivity index (χ1n) is 11.0. The number of anilines is 3. The minimum absolute atomic E-state index is 0.00292. The van der Waals surface area contributed by atoms with E-state index in [-0.39, 0.29) is 24.2 Å². The van der Waals surface area contributed by atoms with Crippen LogP contribution in [0.3, 0.4) is 0 Å². The maximum absolute atomic E-state index is 14.1. The van der Waals surface area contributed by atoms with Crippen LogP contribution in [-0.2, 0) is 0 Å². The lowest BCUT2D eigenvalue weighted by Crippen LogP contribution is -2.52. The Labute approximate surface area is 199 Å². The fraction of sp³-hybridized carbons (Fsp3) is 0.250. The molecule has 1 saturated heterocycles. The molecule has 1 fully saturated rings. The Morgan fingerprint density at radius 1 is 1.20 bits per heavy atom. The standard InChI is InChI=1S/C24H23F2N7O2/c1-35-19-11-27-10-18-21(19)24(33-8-7-28-15(12-33)13-34)32-23(30-18)14-5-6-29-20(9-14)31-22-16(25)3-2-4-17(22)26/h2-6,9-11,15,28,34H,7-8,12-13H2,1H3,(H,29,31). The normalized spacial score (nSPS) is 15.9. The Morgan fingerprint density at radius 2 is 2.03 bits per heavy atom. The fourth-order valence-electron chi connectivity index (χ4n) is 4.07. The first-order chi connectivity index (χ1) is 17.1. The number of fused-ring (bicyclic) bond motifs is 1. The van der Waals surface area contributed by atoms with E-state index >= 15 is 0 Å². The second-order valence-electron chi connectivity index (χ2n) is 8.04. The SMILES string of the molecule is COc1cncc2nc(-c3ccnc(Nc4c(F)cccc4F)c3)nc(N3CCNC(CO)C3)c12. The molecule has 1 atom stereocenters. The number of halogens is 2. The van der Waals surface area contributed by atoms with Gasteiger partial charge >= 0.3 is 0 Å². The largest absolute Gasteiger partial charge is 0.494 e. The number of benzene rings is 1. The minimum Gasteiger partial charge on any atom is -0.494 e. The zero-order valence-electron chi connectivity index (χ0n) is 18.9. The van der Waals surface area contributed by atoms with Crippen molar-refractivity contribution in [2.24, 2.45) is 0 Å². The molecular formula is C24H23F2N7O2. The molecule has 0 saturated carbocycles. The van der Waals surface area contributed by atoms with E-state index in [9.17, 15) is 13.9 Å². The molecule has 0 radical (unpaired) electrons. The summed E-state index contributed by atoms with van der Waals surface area (Å²) >= 11 is 0. The van der Waals surface area contributed by atoms with Gasteiger partial charge in [-0.05, 0) is 24.3 Å². The Morgan fingerprint density at radius 3 is 2.80 bits per heavy atom. The molecule has 4 heterocycles. The first-order valence-corrected chi connectivity index (χ1v) is 11.0. The molecule has 9 nitrogen and oxygen atoms in total. The number of hydrogen-bond donors (Lipinski definition) is 3. The third-order valence-corrected chi connectivity index (χ3v) is 5.78. The Balaban J connectivity index is 1.59. The van der Waals surface area contributed by atoms with Gasteiger partial charge in [0.15, 0.2) is 5.82 Å². The summed E-state index contributed by atoms with van der Waals surface area (Å²) < 4.78 is 33.8. The number of nitrogens with zero attached hydrogens (tertiary/aromatic N) is 5. The molecule has 35 heavy (non-hydrogen) atoms. The summed E-state index contributed by atoms with van der Waals surface area (Å²) in [5.74, 6) is 0.364. The molecule has 1 aliphatic heterocycles. The van der Waals surface area contributed by atoms with Crippen molar-refractivity contribution in [3.63, 3.8) is 0 Å². The average molecular weight is 479 g/mol. The van der Waals surface area contributed by atoms with Crippen LogP contribution >= 0.6 is 0 Å². The maximum Gasteiger partial charge on any atom is 0.162 e. The van der Waals surface area contributed by atoms with E-state index < -0.39 is 11.6 Å². The first kappa shape index (κ1) is 22.8. The fourth-order valence-corrected chi connectivity index (χ4v) is 4.07. The van der Waals surface area contributed by atoms with Crippen molar-refractivity contribution in [1.82, 2.24) is 25.3 Å². The van der Waals surface area contributed by atoms with Crippen LogP contribution in [0, 0.1) is 11.6 Å². The van der Waals surface area contributed by atoms with Crippen molar-refractivity contribution in [2.45, 2.75) is 6.04 Å². The van der Waals surface area contributed by atoms with E-state index in [0.717, 1.165) is 0 Å². The van der Waals surface area contributed by atoms with Gasteiger partial charge in [-0.3, -0.25) is 4.98 Å². The predicted molar refractivity (Wildman–Crippen MR) is 128 cm³/mol. The van der Waals surface area contributed by atoms with Gasteiger partial charge in [0.05, 0.1) is 37.0 Å². The molecule has 1 unspecified atom stereocenters. The van der Waals surface area contributed by atoms with Gasteiger partial charge in [-0.15, -0.1) is 0 Å². The van der Waals surface area contributed by atoms with Gasteiger partial charge in [-0.2, -0.15) is 0 Å². The molecule has 0 amide bonds. The zero-order valence-corrected chi connectivity index (χ0v) is 18.9. The predicted octanol–water partition coefficient (Wildman–Crippen LogP) is 2.89. The Hall–Kier alpha value is -3.96. The highest BCUT2D eigenvalue weighted by Gasteiger charge is 2.24. The van der Waals surface area contributed by atoms with E-state index in [1.54, 1.807) is 31.6 Å². The Kier molecular flexibility index (Phi) is 6.34. The number of para-hydroxylation sites is 1. The van der Waals surface area contributed by atoms with Gasteiger partial charge < -0.3 is 25.4 Å². The van der Waals surface area contributed by atoms with Gasteiger partial charge in [-0.25, -0.2) is 23.7 Å². The summed E-state index contributed by atoms with van der Waals surface area (Å²) in [6, 6.07) is 6.87. The number of aromatic nitrogens is 4. The van der Waals surface area contributed by atoms with E-state index in [2.05, 4.69) is 30.5 Å². The number of ether oxygens (including phenoxy) is 1.